The van der Waals surface area contributed by atoms with Crippen molar-refractivity contribution >= 4 is 34.3 Å². The van der Waals surface area contributed by atoms with Crippen LogP contribution in [0, 0.1) is 0 Å². The molecule has 1 aliphatic heterocycles. The number of anilines is 1. The van der Waals surface area contributed by atoms with E-state index in [1.165, 1.54) is 4.90 Å². The number of carbonyl (C=O) groups is 1. The van der Waals surface area contributed by atoms with E-state index in [1.54, 1.807) is 0 Å². The van der Waals surface area contributed by atoms with E-state index in [1.807, 2.05) is 47.1 Å². The molecule has 0 spiro atoms. The summed E-state index contributed by atoms with van der Waals surface area (Å²) in [6.45, 7) is 2.37. The third-order valence-corrected chi connectivity index (χ3v) is 4.81. The van der Waals surface area contributed by atoms with Gasteiger partial charge in [0.2, 0.25) is 0 Å². The zero-order valence-electron chi connectivity index (χ0n) is 13.5. The number of nitrogens with zero attached hydrogens (tertiary/aromatic N) is 4. The minimum atomic E-state index is -0.856. The molecule has 0 bridgehead atoms. The molecule has 2 aromatic carbocycles. The van der Waals surface area contributed by atoms with Gasteiger partial charge in [-0.15, -0.1) is 0 Å². The van der Waals surface area contributed by atoms with Gasteiger partial charge in [0, 0.05) is 37.3 Å². The fourth-order valence-electron chi connectivity index (χ4n) is 3.20. The van der Waals surface area contributed by atoms with Crippen molar-refractivity contribution in [1.82, 2.24) is 14.7 Å². The molecule has 1 saturated heterocycles. The fraction of sp³-hybridized carbons (Fsp3) is 0.222. The van der Waals surface area contributed by atoms with Crippen LogP contribution >= 0.6 is 11.6 Å². The third-order valence-electron chi connectivity index (χ3n) is 4.53. The molecule has 25 heavy (non-hydrogen) atoms. The topological polar surface area (TPSA) is 61.6 Å². The van der Waals surface area contributed by atoms with E-state index in [2.05, 4.69) is 16.1 Å². The maximum absolute atomic E-state index is 11.0. The largest absolute Gasteiger partial charge is 0.465 e. The summed E-state index contributed by atoms with van der Waals surface area (Å²) in [4.78, 5) is 14.7. The van der Waals surface area contributed by atoms with Gasteiger partial charge in [0.1, 0.15) is 0 Å². The number of hydrogen-bond donors (Lipinski definition) is 1. The van der Waals surface area contributed by atoms with Crippen molar-refractivity contribution in [3.8, 4) is 5.69 Å². The van der Waals surface area contributed by atoms with Crippen molar-refractivity contribution in [1.29, 1.82) is 0 Å². The van der Waals surface area contributed by atoms with E-state index in [0.29, 0.717) is 31.3 Å². The van der Waals surface area contributed by atoms with Crippen LogP contribution < -0.4 is 4.90 Å². The van der Waals surface area contributed by atoms with Crippen molar-refractivity contribution in [2.24, 2.45) is 0 Å². The molecule has 0 saturated carbocycles. The summed E-state index contributed by atoms with van der Waals surface area (Å²) >= 11 is 6.26. The van der Waals surface area contributed by atoms with Crippen LogP contribution in [0.15, 0.2) is 48.5 Å². The molecule has 1 N–H and O–H groups in total. The van der Waals surface area contributed by atoms with E-state index in [-0.39, 0.29) is 0 Å². The standard InChI is InChI=1S/C18H17ClN4O2/c19-17-15-6-1-2-7-16(15)23(20-17)14-5-3-4-13(12-14)21-8-10-22(11-9-21)18(24)25/h1-7,12H,8-11H2,(H,24,25). The number of amides is 1. The van der Waals surface area contributed by atoms with Crippen LogP contribution in [-0.2, 0) is 0 Å². The number of benzene rings is 2. The number of rotatable bonds is 2. The van der Waals surface area contributed by atoms with E-state index in [9.17, 15) is 4.79 Å². The first-order valence-electron chi connectivity index (χ1n) is 8.10. The van der Waals surface area contributed by atoms with Gasteiger partial charge in [-0.1, -0.05) is 29.8 Å². The Morgan fingerprint density at radius 1 is 1.00 bits per heavy atom. The van der Waals surface area contributed by atoms with Crippen LogP contribution in [-0.4, -0.2) is 52.1 Å². The first-order valence-corrected chi connectivity index (χ1v) is 8.48. The lowest BCUT2D eigenvalue weighted by Crippen LogP contribution is -2.48. The first kappa shape index (κ1) is 15.8. The Morgan fingerprint density at radius 3 is 2.48 bits per heavy atom. The average Bonchev–Trinajstić information content (AvgIpc) is 2.99. The number of fused-ring (bicyclic) bond motifs is 1. The molecule has 1 aromatic heterocycles. The lowest BCUT2D eigenvalue weighted by Gasteiger charge is -2.34. The second kappa shape index (κ2) is 6.29. The van der Waals surface area contributed by atoms with Crippen molar-refractivity contribution < 1.29 is 9.90 Å². The summed E-state index contributed by atoms with van der Waals surface area (Å²) in [5.41, 5.74) is 2.94. The highest BCUT2D eigenvalue weighted by atomic mass is 35.5. The number of aromatic nitrogens is 2. The molecule has 6 nitrogen and oxygen atoms in total. The smallest absolute Gasteiger partial charge is 0.407 e. The summed E-state index contributed by atoms with van der Waals surface area (Å²) in [6.07, 6.45) is -0.856. The number of para-hydroxylation sites is 1. The van der Waals surface area contributed by atoms with E-state index < -0.39 is 6.09 Å². The van der Waals surface area contributed by atoms with Crippen molar-refractivity contribution in [3.63, 3.8) is 0 Å². The predicted molar refractivity (Wildman–Crippen MR) is 97.9 cm³/mol. The monoisotopic (exact) mass is 356 g/mol. The lowest BCUT2D eigenvalue weighted by atomic mass is 10.2. The van der Waals surface area contributed by atoms with E-state index in [4.69, 9.17) is 16.7 Å². The van der Waals surface area contributed by atoms with Crippen molar-refractivity contribution in [3.05, 3.63) is 53.7 Å². The van der Waals surface area contributed by atoms with Gasteiger partial charge in [0.15, 0.2) is 5.15 Å². The number of carboxylic acid groups (broad SMARTS) is 1. The molecule has 1 amide bonds. The van der Waals surface area contributed by atoms with Crippen LogP contribution in [0.3, 0.4) is 0 Å². The molecule has 2 heterocycles. The summed E-state index contributed by atoms with van der Waals surface area (Å²) in [6, 6.07) is 15.9. The highest BCUT2D eigenvalue weighted by molar-refractivity contribution is 6.34. The summed E-state index contributed by atoms with van der Waals surface area (Å²) < 4.78 is 1.84. The Hall–Kier alpha value is -2.73. The first-order chi connectivity index (χ1) is 12.1. The molecule has 0 unspecified atom stereocenters. The van der Waals surface area contributed by atoms with Crippen LogP contribution in [0.5, 0.6) is 0 Å². The van der Waals surface area contributed by atoms with Gasteiger partial charge in [-0.3, -0.25) is 0 Å². The van der Waals surface area contributed by atoms with Crippen LogP contribution in [0.1, 0.15) is 0 Å². The van der Waals surface area contributed by atoms with Gasteiger partial charge in [0.25, 0.3) is 0 Å². The molecule has 128 valence electrons. The lowest BCUT2D eigenvalue weighted by molar-refractivity contribution is 0.142. The quantitative estimate of drug-likeness (QED) is 0.763. The zero-order chi connectivity index (χ0) is 17.4. The van der Waals surface area contributed by atoms with Gasteiger partial charge in [-0.05, 0) is 30.3 Å². The molecule has 0 atom stereocenters. The Bertz CT molecular complexity index is 932. The number of halogens is 1. The highest BCUT2D eigenvalue weighted by Crippen LogP contribution is 2.27. The van der Waals surface area contributed by atoms with Gasteiger partial charge < -0.3 is 14.9 Å². The molecule has 4 rings (SSSR count). The minimum Gasteiger partial charge on any atom is -0.465 e. The predicted octanol–water partition coefficient (Wildman–Crippen LogP) is 3.48. The molecule has 1 aliphatic rings. The molecule has 0 radical (unpaired) electrons. The maximum Gasteiger partial charge on any atom is 0.407 e. The van der Waals surface area contributed by atoms with Crippen LogP contribution in [0.4, 0.5) is 10.5 Å². The van der Waals surface area contributed by atoms with Crippen molar-refractivity contribution in [2.75, 3.05) is 31.1 Å². The molecule has 1 fully saturated rings. The third kappa shape index (κ3) is 2.89. The highest BCUT2D eigenvalue weighted by Gasteiger charge is 2.21. The maximum atomic E-state index is 11.0. The van der Waals surface area contributed by atoms with Gasteiger partial charge in [-0.25, -0.2) is 9.48 Å². The number of hydrogen-bond acceptors (Lipinski definition) is 3. The number of piperazine rings is 1. The molecule has 3 aromatic rings. The molecule has 0 aliphatic carbocycles. The SMILES string of the molecule is O=C(O)N1CCN(c2cccc(-n3nc(Cl)c4ccccc43)c2)CC1. The molecular formula is C18H17ClN4O2. The van der Waals surface area contributed by atoms with E-state index in [0.717, 1.165) is 22.3 Å². The molecule has 7 heteroatoms. The minimum absolute atomic E-state index is 0.482. The van der Waals surface area contributed by atoms with E-state index >= 15 is 0 Å². The Morgan fingerprint density at radius 2 is 1.72 bits per heavy atom. The summed E-state index contributed by atoms with van der Waals surface area (Å²) in [7, 11) is 0. The second-order valence-corrected chi connectivity index (χ2v) is 6.35. The summed E-state index contributed by atoms with van der Waals surface area (Å²) in [5, 5.41) is 14.9. The fourth-order valence-corrected chi connectivity index (χ4v) is 3.44. The van der Waals surface area contributed by atoms with Crippen molar-refractivity contribution in [2.45, 2.75) is 0 Å². The second-order valence-electron chi connectivity index (χ2n) is 6.00. The normalized spacial score (nSPS) is 14.9. The average molecular weight is 357 g/mol. The van der Waals surface area contributed by atoms with Gasteiger partial charge in [-0.2, -0.15) is 5.10 Å². The Kier molecular flexibility index (Phi) is 3.97. The van der Waals surface area contributed by atoms with Crippen LogP contribution in [0.2, 0.25) is 5.15 Å². The zero-order valence-corrected chi connectivity index (χ0v) is 14.2. The Balaban J connectivity index is 1.65. The Labute approximate surface area is 149 Å². The van der Waals surface area contributed by atoms with Gasteiger partial charge >= 0.3 is 6.09 Å². The van der Waals surface area contributed by atoms with Gasteiger partial charge in [0.05, 0.1) is 11.2 Å². The molecular weight excluding hydrogens is 340 g/mol. The van der Waals surface area contributed by atoms with Crippen LogP contribution in [0.25, 0.3) is 16.6 Å². The summed E-state index contributed by atoms with van der Waals surface area (Å²) in [5.74, 6) is 0.